The topological polar surface area (TPSA) is 228 Å². The summed E-state index contributed by atoms with van der Waals surface area (Å²) in [6.45, 7) is 27.1. The van der Waals surface area contributed by atoms with Crippen molar-refractivity contribution in [1.29, 1.82) is 0 Å². The van der Waals surface area contributed by atoms with Gasteiger partial charge in [-0.25, -0.2) is 54.8 Å². The van der Waals surface area contributed by atoms with Gasteiger partial charge in [-0.05, 0) is 42.2 Å². The number of aryl methyl sites for hydroxylation is 4. The van der Waals surface area contributed by atoms with Crippen molar-refractivity contribution in [2.24, 2.45) is 28.2 Å². The fourth-order valence-corrected chi connectivity index (χ4v) is 11.4. The van der Waals surface area contributed by atoms with Gasteiger partial charge in [0, 0.05) is 113 Å². The zero-order valence-corrected chi connectivity index (χ0v) is 65.6. The van der Waals surface area contributed by atoms with Gasteiger partial charge in [0.2, 0.25) is 5.71 Å². The van der Waals surface area contributed by atoms with E-state index in [1.54, 1.807) is 35.6 Å². The summed E-state index contributed by atoms with van der Waals surface area (Å²) < 4.78 is 274. The molecular formula is C75H77F20N19O3. The number of imidazole rings is 6. The normalized spacial score (nSPS) is 13.3. The molecule has 14 aromatic rings. The summed E-state index contributed by atoms with van der Waals surface area (Å²) in [4.78, 5) is 43.4. The van der Waals surface area contributed by atoms with Crippen molar-refractivity contribution in [2.75, 3.05) is 0 Å². The predicted molar refractivity (Wildman–Crippen MR) is 389 cm³/mol. The standard InChI is InChI=1S/C12H13F3N2.C12H12F2N2O2.C11H12F3N3.C10H11F3N4.2C10H10F3N3.C10H9F3N2O/c1-7(2)11-16-9-6-8(12(13,14)15)4-5-10(9)17(11)3;1-6(2)11-15-7-4-9-10(5-8(7)16(11)3)18-12(13,14)17-9;1-6(2)9-16-8-4-7(11(12,13)14)5-15-10(8)17(9)3;1-5(2)8-14-6-4-7(10(11,12)13)15-16-9(6)17(8)3;1-6(2)7-4-16-5-8(10(11,12)13)14-3-9(16)15-7;1-6(2)7-4-16-5-14-8(10(11,12)13)3-9(16)15-7;1-5(2)8-15-7-3-6(10(11,12)13)4-14-9(7)16-8/h4-7H,1-3H3;4-6H,1-3H3;4-6H,1-3H3;4-5H,1-3H3;2*3-6H,1-2H3;3-5H,1-2H3. The average Bonchev–Trinajstić information content (AvgIpc) is 1.60. The van der Waals surface area contributed by atoms with Crippen molar-refractivity contribution in [3.8, 4) is 11.5 Å². The molecule has 15 rings (SSSR count). The third-order valence-corrected chi connectivity index (χ3v) is 17.3. The summed E-state index contributed by atoms with van der Waals surface area (Å²) in [5.41, 5.74) is 1.23. The number of nitrogens with zero attached hydrogens (tertiary/aromatic N) is 19. The Morgan fingerprint density at radius 2 is 0.786 bits per heavy atom. The Kier molecular flexibility index (Phi) is 25.8. The summed E-state index contributed by atoms with van der Waals surface area (Å²) in [6.07, 6.45) is -21.9. The van der Waals surface area contributed by atoms with Gasteiger partial charge in [-0.3, -0.25) is 4.40 Å². The van der Waals surface area contributed by atoms with Crippen LogP contribution < -0.4 is 9.47 Å². The van der Waals surface area contributed by atoms with Crippen LogP contribution in [0.2, 0.25) is 0 Å². The fourth-order valence-electron chi connectivity index (χ4n) is 11.4. The smallest absolute Gasteiger partial charge is 0.422 e. The number of hydrogen-bond donors (Lipinski definition) is 0. The van der Waals surface area contributed by atoms with Crippen LogP contribution >= 0.6 is 0 Å². The van der Waals surface area contributed by atoms with E-state index in [1.807, 2.05) is 120 Å². The number of pyridine rings is 2. The maximum absolute atomic E-state index is 12.9. The molecule has 22 nitrogen and oxygen atoms in total. The van der Waals surface area contributed by atoms with Crippen molar-refractivity contribution in [3.05, 3.63) is 172 Å². The highest BCUT2D eigenvalue weighted by Gasteiger charge is 2.44. The lowest BCUT2D eigenvalue weighted by Crippen LogP contribution is -2.25. The lowest BCUT2D eigenvalue weighted by molar-refractivity contribution is -0.286. The van der Waals surface area contributed by atoms with Crippen molar-refractivity contribution in [1.82, 2.24) is 92.1 Å². The lowest BCUT2D eigenvalue weighted by Gasteiger charge is -2.06. The van der Waals surface area contributed by atoms with Crippen molar-refractivity contribution < 1.29 is 102 Å². The van der Waals surface area contributed by atoms with E-state index in [-0.39, 0.29) is 80.8 Å². The van der Waals surface area contributed by atoms with Gasteiger partial charge in [-0.2, -0.15) is 79.0 Å². The van der Waals surface area contributed by atoms with Gasteiger partial charge >= 0.3 is 43.4 Å². The van der Waals surface area contributed by atoms with Gasteiger partial charge in [-0.1, -0.05) is 96.9 Å². The molecule has 1 aliphatic rings. The quantitative estimate of drug-likeness (QED) is 0.135. The van der Waals surface area contributed by atoms with Crippen molar-refractivity contribution >= 4 is 66.9 Å². The van der Waals surface area contributed by atoms with E-state index in [9.17, 15) is 87.8 Å². The number of rotatable bonds is 7. The molecular weight excluding hydrogens is 1590 g/mol. The summed E-state index contributed by atoms with van der Waals surface area (Å²) >= 11 is 0. The first-order valence-electron chi connectivity index (χ1n) is 35.6. The Labute approximate surface area is 652 Å². The molecule has 0 fully saturated rings. The molecule has 0 N–H and O–H groups in total. The van der Waals surface area contributed by atoms with Crippen LogP contribution in [0.1, 0.15) is 213 Å². The molecule has 2 aromatic carbocycles. The minimum absolute atomic E-state index is 0.0172. The molecule has 0 saturated carbocycles. The van der Waals surface area contributed by atoms with E-state index < -0.39 is 77.1 Å². The van der Waals surface area contributed by atoms with Crippen LogP contribution in [0.3, 0.4) is 0 Å². The molecule has 42 heteroatoms. The van der Waals surface area contributed by atoms with Crippen LogP contribution in [0.15, 0.2) is 103 Å². The minimum atomic E-state index is -4.49. The first-order valence-corrected chi connectivity index (χ1v) is 35.6. The number of hydrogen-bond acceptors (Lipinski definition) is 16. The number of aromatic nitrogens is 19. The van der Waals surface area contributed by atoms with Crippen LogP contribution in [0.4, 0.5) is 87.8 Å². The number of benzene rings is 2. The Hall–Kier alpha value is -11.4. The van der Waals surface area contributed by atoms with Crippen LogP contribution in [0.25, 0.3) is 66.9 Å². The van der Waals surface area contributed by atoms with Gasteiger partial charge in [0.05, 0.1) is 56.3 Å². The minimum Gasteiger partial charge on any atom is -0.422 e. The zero-order chi connectivity index (χ0) is 87.2. The largest absolute Gasteiger partial charge is 0.586 e. The second-order valence-electron chi connectivity index (χ2n) is 28.9. The van der Waals surface area contributed by atoms with Gasteiger partial charge in [-0.15, -0.1) is 19.0 Å². The highest BCUT2D eigenvalue weighted by Crippen LogP contribution is 2.44. The third-order valence-electron chi connectivity index (χ3n) is 17.3. The third kappa shape index (κ3) is 21.1. The van der Waals surface area contributed by atoms with Gasteiger partial charge in [0.1, 0.15) is 57.5 Å². The Balaban J connectivity index is 0.000000156. The van der Waals surface area contributed by atoms with Crippen LogP contribution in [-0.2, 0) is 65.2 Å². The maximum Gasteiger partial charge on any atom is 0.586 e. The van der Waals surface area contributed by atoms with E-state index in [4.69, 9.17) is 4.42 Å². The summed E-state index contributed by atoms with van der Waals surface area (Å²) in [5, 5.41) is 6.76. The number of oxazole rings is 1. The van der Waals surface area contributed by atoms with Gasteiger partial charge in [0.25, 0.3) is 0 Å². The average molecular weight is 1670 g/mol. The number of alkyl halides is 20. The van der Waals surface area contributed by atoms with E-state index in [0.29, 0.717) is 39.7 Å². The first-order chi connectivity index (χ1) is 53.9. The number of ether oxygens (including phenoxy) is 2. The molecule has 0 radical (unpaired) electrons. The van der Waals surface area contributed by atoms with E-state index in [0.717, 1.165) is 107 Å². The molecule has 1 aliphatic heterocycles. The molecule has 117 heavy (non-hydrogen) atoms. The van der Waals surface area contributed by atoms with Crippen molar-refractivity contribution in [2.45, 2.75) is 182 Å². The number of fused-ring (bicyclic) bond motifs is 8. The Morgan fingerprint density at radius 1 is 0.342 bits per heavy atom. The highest BCUT2D eigenvalue weighted by molar-refractivity contribution is 5.81. The molecule has 0 unspecified atom stereocenters. The summed E-state index contributed by atoms with van der Waals surface area (Å²) in [7, 11) is 7.14. The van der Waals surface area contributed by atoms with Gasteiger partial charge < -0.3 is 36.6 Å². The molecule has 0 aliphatic carbocycles. The van der Waals surface area contributed by atoms with Crippen LogP contribution in [0.5, 0.6) is 11.5 Å². The molecule has 0 saturated heterocycles. The Morgan fingerprint density at radius 3 is 1.29 bits per heavy atom. The molecule has 12 aromatic heterocycles. The molecule has 0 amide bonds. The molecule has 630 valence electrons. The maximum atomic E-state index is 12.9. The fraction of sp³-hybridized carbons (Fsp3) is 0.427. The highest BCUT2D eigenvalue weighted by atomic mass is 19.4. The lowest BCUT2D eigenvalue weighted by atomic mass is 10.2. The SMILES string of the molecule is CC(C)c1cn2cc(C(F)(F)F)ncc2n1.CC(C)c1cn2cnc(C(F)(F)F)cc2n1.CC(C)c1nc2cc(C(F)(F)F)ccc2n1C.CC(C)c1nc2cc(C(F)(F)F)cnc2n1C.CC(C)c1nc2cc(C(F)(F)F)cnc2o1.CC(C)c1nc2cc(C(F)(F)F)nnc2n1C.CC(C)c1nc2cc3c(cc2n1C)OC(F)(F)O3. The zero-order valence-electron chi connectivity index (χ0n) is 65.6. The van der Waals surface area contributed by atoms with Crippen molar-refractivity contribution in [3.63, 3.8) is 0 Å². The molecule has 0 spiro atoms. The predicted octanol–water partition coefficient (Wildman–Crippen LogP) is 21.5. The first kappa shape index (κ1) is 89.5. The molecule has 0 bridgehead atoms. The monoisotopic (exact) mass is 1670 g/mol. The molecule has 0 atom stereocenters. The van der Waals surface area contributed by atoms with Crippen LogP contribution in [0, 0.1) is 0 Å². The van der Waals surface area contributed by atoms with Crippen LogP contribution in [-0.4, -0.2) is 98.4 Å². The van der Waals surface area contributed by atoms with Gasteiger partial charge in [0.15, 0.2) is 45.7 Å². The van der Waals surface area contributed by atoms with E-state index in [1.165, 1.54) is 27.0 Å². The summed E-state index contributed by atoms with van der Waals surface area (Å²) in [6, 6.07) is 10.5. The summed E-state index contributed by atoms with van der Waals surface area (Å²) in [5.74, 6) is 4.62. The number of halogens is 20. The van der Waals surface area contributed by atoms with E-state index in [2.05, 4.69) is 74.5 Å². The second-order valence-corrected chi connectivity index (χ2v) is 28.9. The second kappa shape index (κ2) is 33.7. The van der Waals surface area contributed by atoms with E-state index >= 15 is 0 Å². The molecule has 13 heterocycles. The Bertz CT molecular complexity index is 5360.